The highest BCUT2D eigenvalue weighted by atomic mass is 16.2. The first-order valence-corrected chi connectivity index (χ1v) is 10.2. The van der Waals surface area contributed by atoms with E-state index >= 15 is 0 Å². The van der Waals surface area contributed by atoms with Gasteiger partial charge in [0.15, 0.2) is 5.82 Å². The molecule has 8 heteroatoms. The van der Waals surface area contributed by atoms with Crippen molar-refractivity contribution in [1.82, 2.24) is 19.7 Å². The van der Waals surface area contributed by atoms with Crippen LogP contribution in [0.25, 0.3) is 0 Å². The van der Waals surface area contributed by atoms with Gasteiger partial charge >= 0.3 is 0 Å². The molecule has 3 aromatic rings. The average Bonchev–Trinajstić information content (AvgIpc) is 3.18. The molecule has 156 valence electrons. The number of amides is 1. The van der Waals surface area contributed by atoms with E-state index in [2.05, 4.69) is 63.8 Å². The molecule has 1 aliphatic rings. The Labute approximate surface area is 176 Å². The van der Waals surface area contributed by atoms with Gasteiger partial charge in [-0.05, 0) is 24.0 Å². The van der Waals surface area contributed by atoms with Crippen LogP contribution in [0.15, 0.2) is 42.9 Å². The number of hydrogen-bond acceptors (Lipinski definition) is 6. The molecule has 0 unspecified atom stereocenters. The molecule has 0 radical (unpaired) electrons. The summed E-state index contributed by atoms with van der Waals surface area (Å²) in [5.74, 6) is 1.68. The van der Waals surface area contributed by atoms with Crippen LogP contribution >= 0.6 is 0 Å². The Bertz CT molecular complexity index is 1060. The topological polar surface area (TPSA) is 88.0 Å². The highest BCUT2D eigenvalue weighted by molar-refractivity contribution is 6.02. The van der Waals surface area contributed by atoms with Crippen LogP contribution in [0.3, 0.4) is 0 Å². The fourth-order valence-electron chi connectivity index (χ4n) is 3.41. The summed E-state index contributed by atoms with van der Waals surface area (Å²) in [6.07, 6.45) is 5.52. The van der Waals surface area contributed by atoms with Crippen molar-refractivity contribution in [2.24, 2.45) is 0 Å². The summed E-state index contributed by atoms with van der Waals surface area (Å²) in [6, 6.07) is 8.36. The molecular formula is C22H27N7O. The maximum absolute atomic E-state index is 11.9. The van der Waals surface area contributed by atoms with Crippen molar-refractivity contribution in [1.29, 1.82) is 0 Å². The van der Waals surface area contributed by atoms with E-state index in [1.807, 2.05) is 35.9 Å². The van der Waals surface area contributed by atoms with Gasteiger partial charge in [0.05, 0.1) is 18.9 Å². The van der Waals surface area contributed by atoms with Crippen molar-refractivity contribution >= 4 is 23.4 Å². The number of fused-ring (bicyclic) bond motifs is 1. The van der Waals surface area contributed by atoms with E-state index in [0.29, 0.717) is 29.9 Å². The molecule has 1 aliphatic heterocycles. The molecule has 0 fully saturated rings. The van der Waals surface area contributed by atoms with Crippen LogP contribution in [0.5, 0.6) is 0 Å². The van der Waals surface area contributed by atoms with Crippen LogP contribution in [-0.4, -0.2) is 38.7 Å². The quantitative estimate of drug-likeness (QED) is 0.655. The molecule has 0 aliphatic carbocycles. The number of benzene rings is 1. The second-order valence-electron chi connectivity index (χ2n) is 8.01. The summed E-state index contributed by atoms with van der Waals surface area (Å²) < 4.78 is 1.94. The molecule has 30 heavy (non-hydrogen) atoms. The summed E-state index contributed by atoms with van der Waals surface area (Å²) in [6.45, 7) is 7.55. The van der Waals surface area contributed by atoms with Crippen molar-refractivity contribution < 1.29 is 4.79 Å². The predicted molar refractivity (Wildman–Crippen MR) is 118 cm³/mol. The normalized spacial score (nSPS) is 15.8. The van der Waals surface area contributed by atoms with E-state index < -0.39 is 0 Å². The van der Waals surface area contributed by atoms with E-state index in [1.54, 1.807) is 6.20 Å². The number of nitrogens with one attached hydrogen (secondary N) is 2. The number of nitrogens with zero attached hydrogens (tertiary/aromatic N) is 5. The van der Waals surface area contributed by atoms with Gasteiger partial charge < -0.3 is 15.5 Å². The van der Waals surface area contributed by atoms with Crippen LogP contribution in [0.4, 0.5) is 17.5 Å². The van der Waals surface area contributed by atoms with Crippen molar-refractivity contribution in [2.75, 3.05) is 22.6 Å². The molecule has 2 aromatic heterocycles. The first-order valence-electron chi connectivity index (χ1n) is 10.2. The third-order valence-corrected chi connectivity index (χ3v) is 5.42. The van der Waals surface area contributed by atoms with Crippen LogP contribution in [0.1, 0.15) is 43.4 Å². The molecule has 2 N–H and O–H groups in total. The van der Waals surface area contributed by atoms with Crippen LogP contribution < -0.4 is 15.5 Å². The SMILES string of the molecule is CC(C)c1cccc(Cn2cc(CNc3ncc4c(n3)N(C)[C@@H](C)C(=O)N4)cn2)c1. The maximum atomic E-state index is 11.9. The van der Waals surface area contributed by atoms with Crippen molar-refractivity contribution in [3.8, 4) is 0 Å². The Kier molecular flexibility index (Phi) is 5.39. The second-order valence-corrected chi connectivity index (χ2v) is 8.01. The van der Waals surface area contributed by atoms with E-state index in [1.165, 1.54) is 11.1 Å². The Morgan fingerprint density at radius 3 is 2.87 bits per heavy atom. The minimum absolute atomic E-state index is 0.0549. The Hall–Kier alpha value is -3.42. The first kappa shape index (κ1) is 19.9. The largest absolute Gasteiger partial charge is 0.350 e. The lowest BCUT2D eigenvalue weighted by molar-refractivity contribution is -0.117. The van der Waals surface area contributed by atoms with Crippen molar-refractivity contribution in [3.63, 3.8) is 0 Å². The maximum Gasteiger partial charge on any atom is 0.246 e. The van der Waals surface area contributed by atoms with Gasteiger partial charge in [0.1, 0.15) is 11.7 Å². The summed E-state index contributed by atoms with van der Waals surface area (Å²) in [7, 11) is 1.86. The van der Waals surface area contributed by atoms with Crippen molar-refractivity contribution in [3.05, 3.63) is 59.5 Å². The molecule has 0 bridgehead atoms. The molecule has 1 aromatic carbocycles. The molecule has 1 amide bonds. The van der Waals surface area contributed by atoms with Gasteiger partial charge in [-0.2, -0.15) is 10.1 Å². The number of rotatable bonds is 6. The van der Waals surface area contributed by atoms with E-state index in [0.717, 1.165) is 12.1 Å². The van der Waals surface area contributed by atoms with Crippen LogP contribution in [-0.2, 0) is 17.9 Å². The zero-order chi connectivity index (χ0) is 21.3. The van der Waals surface area contributed by atoms with Gasteiger partial charge in [0.25, 0.3) is 0 Å². The lowest BCUT2D eigenvalue weighted by atomic mass is 10.0. The third kappa shape index (κ3) is 4.12. The van der Waals surface area contributed by atoms with Gasteiger partial charge in [0, 0.05) is 25.4 Å². The molecule has 0 spiro atoms. The number of carbonyl (C=O) groups excluding carboxylic acids is 1. The summed E-state index contributed by atoms with van der Waals surface area (Å²) in [4.78, 5) is 22.6. The number of likely N-dealkylation sites (N-methyl/N-ethyl adjacent to an activating group) is 1. The zero-order valence-electron chi connectivity index (χ0n) is 17.8. The fourth-order valence-corrected chi connectivity index (χ4v) is 3.41. The lowest BCUT2D eigenvalue weighted by Crippen LogP contribution is -2.44. The smallest absolute Gasteiger partial charge is 0.246 e. The lowest BCUT2D eigenvalue weighted by Gasteiger charge is -2.31. The molecular weight excluding hydrogens is 378 g/mol. The highest BCUT2D eigenvalue weighted by Crippen LogP contribution is 2.28. The monoisotopic (exact) mass is 405 g/mol. The molecule has 8 nitrogen and oxygen atoms in total. The molecule has 0 saturated carbocycles. The molecule has 3 heterocycles. The second kappa shape index (κ2) is 8.14. The van der Waals surface area contributed by atoms with Gasteiger partial charge in [-0.25, -0.2) is 4.98 Å². The Morgan fingerprint density at radius 2 is 2.07 bits per heavy atom. The minimum atomic E-state index is -0.271. The summed E-state index contributed by atoms with van der Waals surface area (Å²) in [5.41, 5.74) is 4.25. The van der Waals surface area contributed by atoms with Crippen molar-refractivity contribution in [2.45, 2.75) is 45.8 Å². The predicted octanol–water partition coefficient (Wildman–Crippen LogP) is 3.23. The molecule has 1 atom stereocenters. The molecule has 0 saturated heterocycles. The minimum Gasteiger partial charge on any atom is -0.350 e. The van der Waals surface area contributed by atoms with Crippen LogP contribution in [0, 0.1) is 0 Å². The first-order chi connectivity index (χ1) is 14.4. The van der Waals surface area contributed by atoms with Gasteiger partial charge in [0.2, 0.25) is 11.9 Å². The van der Waals surface area contributed by atoms with E-state index in [4.69, 9.17) is 0 Å². The standard InChI is InChI=1S/C22H27N7O/c1-14(2)18-7-5-6-16(8-18)12-29-13-17(10-25-29)9-23-22-24-11-19-20(27-22)28(4)15(3)21(30)26-19/h5-8,10-11,13-15H,9,12H2,1-4H3,(H,26,30)(H,23,24,27)/t15-/m0/s1. The number of aromatic nitrogens is 4. The highest BCUT2D eigenvalue weighted by Gasteiger charge is 2.28. The fraction of sp³-hybridized carbons (Fsp3) is 0.364. The number of carbonyl (C=O) groups is 1. The zero-order valence-corrected chi connectivity index (χ0v) is 17.8. The van der Waals surface area contributed by atoms with Gasteiger partial charge in [-0.3, -0.25) is 9.48 Å². The molecule has 4 rings (SSSR count). The van der Waals surface area contributed by atoms with E-state index in [-0.39, 0.29) is 11.9 Å². The van der Waals surface area contributed by atoms with Gasteiger partial charge in [-0.15, -0.1) is 0 Å². The van der Waals surface area contributed by atoms with Gasteiger partial charge in [-0.1, -0.05) is 38.1 Å². The summed E-state index contributed by atoms with van der Waals surface area (Å²) >= 11 is 0. The Balaban J connectivity index is 1.40. The van der Waals surface area contributed by atoms with E-state index in [9.17, 15) is 4.79 Å². The number of anilines is 3. The number of hydrogen-bond donors (Lipinski definition) is 2. The third-order valence-electron chi connectivity index (χ3n) is 5.42. The average molecular weight is 406 g/mol. The Morgan fingerprint density at radius 1 is 1.23 bits per heavy atom. The van der Waals surface area contributed by atoms with Crippen LogP contribution in [0.2, 0.25) is 0 Å². The summed E-state index contributed by atoms with van der Waals surface area (Å²) in [5, 5.41) is 10.6.